The molecule has 0 unspecified atom stereocenters. The number of carbonyl (C=O) groups excluding carboxylic acids is 1. The quantitative estimate of drug-likeness (QED) is 0.822. The fourth-order valence-corrected chi connectivity index (χ4v) is 3.02. The van der Waals surface area contributed by atoms with Crippen LogP contribution in [0.2, 0.25) is 5.02 Å². The van der Waals surface area contributed by atoms with Gasteiger partial charge in [-0.05, 0) is 43.2 Å². The summed E-state index contributed by atoms with van der Waals surface area (Å²) in [7, 11) is 0. The largest absolute Gasteiger partial charge is 0.388 e. The van der Waals surface area contributed by atoms with Gasteiger partial charge in [-0.25, -0.2) is 0 Å². The van der Waals surface area contributed by atoms with Crippen LogP contribution in [0.5, 0.6) is 0 Å². The normalized spacial score (nSPS) is 16.8. The third-order valence-corrected chi connectivity index (χ3v) is 4.54. The van der Waals surface area contributed by atoms with Crippen LogP contribution >= 0.6 is 23.4 Å². The first-order valence-electron chi connectivity index (χ1n) is 6.47. The van der Waals surface area contributed by atoms with Gasteiger partial charge in [0.25, 0.3) is 5.91 Å². The highest BCUT2D eigenvalue weighted by atomic mass is 35.5. The number of carbonyl (C=O) groups is 1. The average Bonchev–Trinajstić information content (AvgIpc) is 2.36. The van der Waals surface area contributed by atoms with Gasteiger partial charge in [0.15, 0.2) is 0 Å². The van der Waals surface area contributed by atoms with Crippen LogP contribution < -0.4 is 5.32 Å². The Kier molecular flexibility index (Phi) is 4.76. The Morgan fingerprint density at radius 3 is 2.84 bits per heavy atom. The second kappa shape index (κ2) is 6.16. The van der Waals surface area contributed by atoms with Crippen molar-refractivity contribution in [3.05, 3.63) is 28.8 Å². The number of hydrogen-bond acceptors (Lipinski definition) is 3. The zero-order chi connectivity index (χ0) is 13.9. The standard InChI is InChI=1S/C14H18ClNO2S/c1-2-19-12-5-4-10(15)8-11(12)13(17)16-9-14(18)6-3-7-14/h4-5,8,18H,2-3,6-7,9H2,1H3,(H,16,17). The second-order valence-electron chi connectivity index (χ2n) is 4.83. The van der Waals surface area contributed by atoms with Crippen molar-refractivity contribution in [3.8, 4) is 0 Å². The number of nitrogens with one attached hydrogen (secondary N) is 1. The Balaban J connectivity index is 2.06. The molecule has 1 aliphatic rings. The van der Waals surface area contributed by atoms with Gasteiger partial charge >= 0.3 is 0 Å². The Labute approximate surface area is 122 Å². The monoisotopic (exact) mass is 299 g/mol. The summed E-state index contributed by atoms with van der Waals surface area (Å²) >= 11 is 7.56. The van der Waals surface area contributed by atoms with Crippen LogP contribution in [0.4, 0.5) is 0 Å². The molecule has 2 rings (SSSR count). The summed E-state index contributed by atoms with van der Waals surface area (Å²) in [6.07, 6.45) is 2.55. The number of halogens is 1. The maximum Gasteiger partial charge on any atom is 0.252 e. The van der Waals surface area contributed by atoms with Gasteiger partial charge in [-0.3, -0.25) is 4.79 Å². The highest BCUT2D eigenvalue weighted by Gasteiger charge is 2.34. The van der Waals surface area contributed by atoms with Gasteiger partial charge in [0, 0.05) is 16.5 Å². The molecule has 0 bridgehead atoms. The van der Waals surface area contributed by atoms with E-state index in [-0.39, 0.29) is 5.91 Å². The summed E-state index contributed by atoms with van der Waals surface area (Å²) in [5.41, 5.74) is -0.117. The van der Waals surface area contributed by atoms with Gasteiger partial charge in [-0.2, -0.15) is 0 Å². The molecular weight excluding hydrogens is 282 g/mol. The summed E-state index contributed by atoms with van der Waals surface area (Å²) in [6.45, 7) is 2.35. The minimum absolute atomic E-state index is 0.168. The highest BCUT2D eigenvalue weighted by molar-refractivity contribution is 7.99. The van der Waals surface area contributed by atoms with Crippen LogP contribution in [0.3, 0.4) is 0 Å². The van der Waals surface area contributed by atoms with E-state index < -0.39 is 5.60 Å². The van der Waals surface area contributed by atoms with E-state index in [0.29, 0.717) is 17.1 Å². The lowest BCUT2D eigenvalue weighted by Crippen LogP contribution is -2.47. The second-order valence-corrected chi connectivity index (χ2v) is 6.58. The average molecular weight is 300 g/mol. The van der Waals surface area contributed by atoms with Gasteiger partial charge < -0.3 is 10.4 Å². The molecule has 104 valence electrons. The van der Waals surface area contributed by atoms with Crippen molar-refractivity contribution in [1.29, 1.82) is 0 Å². The number of amides is 1. The lowest BCUT2D eigenvalue weighted by atomic mass is 9.80. The van der Waals surface area contributed by atoms with Gasteiger partial charge in [0.2, 0.25) is 0 Å². The van der Waals surface area contributed by atoms with Gasteiger partial charge in [-0.1, -0.05) is 18.5 Å². The van der Waals surface area contributed by atoms with E-state index in [4.69, 9.17) is 11.6 Å². The third-order valence-electron chi connectivity index (χ3n) is 3.35. The van der Waals surface area contributed by atoms with E-state index in [2.05, 4.69) is 5.32 Å². The van der Waals surface area contributed by atoms with Crippen molar-refractivity contribution < 1.29 is 9.90 Å². The van der Waals surface area contributed by atoms with Crippen molar-refractivity contribution >= 4 is 29.3 Å². The highest BCUT2D eigenvalue weighted by Crippen LogP contribution is 2.31. The van der Waals surface area contributed by atoms with E-state index in [1.807, 2.05) is 13.0 Å². The maximum atomic E-state index is 12.2. The zero-order valence-electron chi connectivity index (χ0n) is 10.9. The molecule has 0 aromatic heterocycles. The first kappa shape index (κ1) is 14.7. The molecule has 1 saturated carbocycles. The van der Waals surface area contributed by atoms with Crippen molar-refractivity contribution in [2.45, 2.75) is 36.7 Å². The lowest BCUT2D eigenvalue weighted by molar-refractivity contribution is -0.0300. The Bertz CT molecular complexity index is 475. The molecule has 1 amide bonds. The van der Waals surface area contributed by atoms with Gasteiger partial charge in [0.1, 0.15) is 0 Å². The summed E-state index contributed by atoms with van der Waals surface area (Å²) in [6, 6.07) is 5.33. The van der Waals surface area contributed by atoms with Crippen molar-refractivity contribution in [1.82, 2.24) is 5.32 Å². The van der Waals surface area contributed by atoms with Crippen molar-refractivity contribution in [2.75, 3.05) is 12.3 Å². The van der Waals surface area contributed by atoms with Crippen LogP contribution in [-0.4, -0.2) is 28.9 Å². The number of rotatable bonds is 5. The van der Waals surface area contributed by atoms with E-state index in [1.165, 1.54) is 0 Å². The Morgan fingerprint density at radius 1 is 1.53 bits per heavy atom. The molecule has 0 heterocycles. The first-order chi connectivity index (χ1) is 9.04. The minimum Gasteiger partial charge on any atom is -0.388 e. The van der Waals surface area contributed by atoms with Crippen LogP contribution in [0.1, 0.15) is 36.5 Å². The molecule has 5 heteroatoms. The Morgan fingerprint density at radius 2 is 2.26 bits per heavy atom. The molecule has 0 spiro atoms. The molecule has 2 N–H and O–H groups in total. The molecule has 19 heavy (non-hydrogen) atoms. The molecule has 0 saturated heterocycles. The molecule has 0 radical (unpaired) electrons. The molecular formula is C14H18ClNO2S. The van der Waals surface area contributed by atoms with Crippen molar-refractivity contribution in [2.24, 2.45) is 0 Å². The fraction of sp³-hybridized carbons (Fsp3) is 0.500. The predicted molar refractivity (Wildman–Crippen MR) is 79.0 cm³/mol. The van der Waals surface area contributed by atoms with Crippen LogP contribution in [0, 0.1) is 0 Å². The van der Waals surface area contributed by atoms with E-state index >= 15 is 0 Å². The molecule has 3 nitrogen and oxygen atoms in total. The third kappa shape index (κ3) is 3.65. The minimum atomic E-state index is -0.702. The SMILES string of the molecule is CCSc1ccc(Cl)cc1C(=O)NCC1(O)CCC1. The van der Waals surface area contributed by atoms with E-state index in [9.17, 15) is 9.90 Å². The molecule has 1 aromatic carbocycles. The summed E-state index contributed by atoms with van der Waals surface area (Å²) in [5, 5.41) is 13.3. The topological polar surface area (TPSA) is 49.3 Å². The number of hydrogen-bond donors (Lipinski definition) is 2. The summed E-state index contributed by atoms with van der Waals surface area (Å²) in [5.74, 6) is 0.727. The van der Waals surface area contributed by atoms with Crippen LogP contribution in [-0.2, 0) is 0 Å². The van der Waals surface area contributed by atoms with Crippen LogP contribution in [0.25, 0.3) is 0 Å². The summed E-state index contributed by atoms with van der Waals surface area (Å²) < 4.78 is 0. The lowest BCUT2D eigenvalue weighted by Gasteiger charge is -2.36. The first-order valence-corrected chi connectivity index (χ1v) is 7.83. The zero-order valence-corrected chi connectivity index (χ0v) is 12.5. The van der Waals surface area contributed by atoms with E-state index in [0.717, 1.165) is 29.9 Å². The summed E-state index contributed by atoms with van der Waals surface area (Å²) in [4.78, 5) is 13.1. The maximum absolute atomic E-state index is 12.2. The molecule has 0 aliphatic heterocycles. The predicted octanol–water partition coefficient (Wildman–Crippen LogP) is 3.10. The van der Waals surface area contributed by atoms with Crippen LogP contribution in [0.15, 0.2) is 23.1 Å². The number of benzene rings is 1. The van der Waals surface area contributed by atoms with Gasteiger partial charge in [-0.15, -0.1) is 11.8 Å². The molecule has 1 aliphatic carbocycles. The molecule has 0 atom stereocenters. The molecule has 1 aromatic rings. The fourth-order valence-electron chi connectivity index (χ4n) is 2.06. The van der Waals surface area contributed by atoms with Crippen molar-refractivity contribution in [3.63, 3.8) is 0 Å². The van der Waals surface area contributed by atoms with Gasteiger partial charge in [0.05, 0.1) is 11.2 Å². The Hall–Kier alpha value is -0.710. The van der Waals surface area contributed by atoms with E-state index in [1.54, 1.807) is 23.9 Å². The number of thioether (sulfide) groups is 1. The molecule has 1 fully saturated rings. The smallest absolute Gasteiger partial charge is 0.252 e. The number of aliphatic hydroxyl groups is 1.